The van der Waals surface area contributed by atoms with Gasteiger partial charge < -0.3 is 14.6 Å². The highest BCUT2D eigenvalue weighted by molar-refractivity contribution is 6.45. The number of nitrogens with zero attached hydrogens (tertiary/aromatic N) is 1. The van der Waals surface area contributed by atoms with Crippen LogP contribution in [0.3, 0.4) is 0 Å². The van der Waals surface area contributed by atoms with Crippen molar-refractivity contribution in [3.63, 3.8) is 0 Å². The topological polar surface area (TPSA) is 49.8 Å². The molecule has 0 spiro atoms. The van der Waals surface area contributed by atoms with E-state index in [1.807, 2.05) is 18.7 Å². The largest absolute Gasteiger partial charge is 0.466 e. The standard InChI is InChI=1S/C10H20BNO3/c1-4-15-9(13)10(2)6-5-7-12(8-10)11(3)14/h14H,4-8H2,1-3H3. The van der Waals surface area contributed by atoms with Crippen LogP contribution in [-0.4, -0.2) is 42.6 Å². The van der Waals surface area contributed by atoms with Gasteiger partial charge in [0.1, 0.15) is 0 Å². The van der Waals surface area contributed by atoms with Crippen molar-refractivity contribution < 1.29 is 14.6 Å². The summed E-state index contributed by atoms with van der Waals surface area (Å²) >= 11 is 0. The monoisotopic (exact) mass is 213 g/mol. The number of ether oxygens (including phenoxy) is 1. The summed E-state index contributed by atoms with van der Waals surface area (Å²) in [5, 5.41) is 9.49. The van der Waals surface area contributed by atoms with Crippen LogP contribution >= 0.6 is 0 Å². The van der Waals surface area contributed by atoms with Crippen molar-refractivity contribution in [3.05, 3.63) is 0 Å². The van der Waals surface area contributed by atoms with E-state index in [0.29, 0.717) is 13.2 Å². The summed E-state index contributed by atoms with van der Waals surface area (Å²) in [5.74, 6) is -0.143. The molecule has 0 radical (unpaired) electrons. The van der Waals surface area contributed by atoms with Crippen LogP contribution in [0.5, 0.6) is 0 Å². The highest BCUT2D eigenvalue weighted by atomic mass is 16.5. The molecule has 0 aromatic rings. The van der Waals surface area contributed by atoms with Gasteiger partial charge in [-0.05, 0) is 40.1 Å². The van der Waals surface area contributed by atoms with E-state index in [1.54, 1.807) is 6.82 Å². The number of rotatable bonds is 3. The zero-order valence-corrected chi connectivity index (χ0v) is 9.82. The third-order valence-corrected chi connectivity index (χ3v) is 3.02. The summed E-state index contributed by atoms with van der Waals surface area (Å²) in [6.07, 6.45) is 1.77. The van der Waals surface area contributed by atoms with Crippen molar-refractivity contribution >= 4 is 13.0 Å². The van der Waals surface area contributed by atoms with Gasteiger partial charge in [0.25, 0.3) is 0 Å². The van der Waals surface area contributed by atoms with Gasteiger partial charge in [-0.3, -0.25) is 4.79 Å². The van der Waals surface area contributed by atoms with Crippen molar-refractivity contribution in [1.82, 2.24) is 4.81 Å². The smallest absolute Gasteiger partial charge is 0.376 e. The molecule has 0 amide bonds. The molecule has 1 fully saturated rings. The second-order valence-electron chi connectivity index (χ2n) is 4.49. The molecule has 0 saturated carbocycles. The lowest BCUT2D eigenvalue weighted by Gasteiger charge is -2.39. The minimum absolute atomic E-state index is 0.143. The summed E-state index contributed by atoms with van der Waals surface area (Å²) in [5.41, 5.74) is -0.453. The van der Waals surface area contributed by atoms with Crippen LogP contribution < -0.4 is 0 Å². The van der Waals surface area contributed by atoms with E-state index in [1.165, 1.54) is 0 Å². The number of esters is 1. The zero-order valence-electron chi connectivity index (χ0n) is 9.82. The average Bonchev–Trinajstić information content (AvgIpc) is 2.18. The highest BCUT2D eigenvalue weighted by Gasteiger charge is 2.40. The number of carbonyl (C=O) groups excluding carboxylic acids is 1. The van der Waals surface area contributed by atoms with Crippen molar-refractivity contribution in [2.24, 2.45) is 5.41 Å². The van der Waals surface area contributed by atoms with Crippen molar-refractivity contribution in [2.75, 3.05) is 19.7 Å². The van der Waals surface area contributed by atoms with E-state index >= 15 is 0 Å². The molecule has 1 aliphatic rings. The lowest BCUT2D eigenvalue weighted by Crippen LogP contribution is -2.51. The van der Waals surface area contributed by atoms with Crippen molar-refractivity contribution in [1.29, 1.82) is 0 Å². The Morgan fingerprint density at radius 1 is 1.67 bits per heavy atom. The second kappa shape index (κ2) is 4.99. The first kappa shape index (κ1) is 12.5. The van der Waals surface area contributed by atoms with Gasteiger partial charge in [0.2, 0.25) is 0 Å². The molecule has 1 heterocycles. The van der Waals surface area contributed by atoms with Crippen molar-refractivity contribution in [3.8, 4) is 0 Å². The second-order valence-corrected chi connectivity index (χ2v) is 4.49. The Kier molecular flexibility index (Phi) is 4.17. The summed E-state index contributed by atoms with van der Waals surface area (Å²) in [7, 11) is -0.487. The van der Waals surface area contributed by atoms with Gasteiger partial charge in [0.05, 0.1) is 12.0 Å². The quantitative estimate of drug-likeness (QED) is 0.555. The first-order valence-electron chi connectivity index (χ1n) is 5.59. The Morgan fingerprint density at radius 3 is 2.87 bits per heavy atom. The van der Waals surface area contributed by atoms with E-state index in [0.717, 1.165) is 19.4 Å². The van der Waals surface area contributed by atoms with Crippen LogP contribution in [0.15, 0.2) is 0 Å². The summed E-state index contributed by atoms with van der Waals surface area (Å²) in [6, 6.07) is 0. The van der Waals surface area contributed by atoms with E-state index in [9.17, 15) is 9.82 Å². The Morgan fingerprint density at radius 2 is 2.33 bits per heavy atom. The van der Waals surface area contributed by atoms with Gasteiger partial charge in [-0.1, -0.05) is 0 Å². The van der Waals surface area contributed by atoms with Gasteiger partial charge in [-0.2, -0.15) is 0 Å². The van der Waals surface area contributed by atoms with Crippen molar-refractivity contribution in [2.45, 2.75) is 33.5 Å². The SMILES string of the molecule is CCOC(=O)C1(C)CCCN(B(C)O)C1. The van der Waals surface area contributed by atoms with E-state index in [4.69, 9.17) is 4.74 Å². The molecule has 15 heavy (non-hydrogen) atoms. The molecule has 86 valence electrons. The van der Waals surface area contributed by atoms with Gasteiger partial charge in [-0.15, -0.1) is 0 Å². The molecule has 0 aromatic heterocycles. The molecule has 0 aromatic carbocycles. The molecular formula is C10H20BNO3. The predicted octanol–water partition coefficient (Wildman–Crippen LogP) is 0.762. The summed E-state index contributed by atoms with van der Waals surface area (Å²) < 4.78 is 5.07. The molecule has 5 heteroatoms. The highest BCUT2D eigenvalue weighted by Crippen LogP contribution is 2.31. The first-order valence-corrected chi connectivity index (χ1v) is 5.59. The Hall–Kier alpha value is -0.545. The Labute approximate surface area is 91.7 Å². The normalized spacial score (nSPS) is 27.5. The number of hydrogen-bond donors (Lipinski definition) is 1. The maximum atomic E-state index is 11.8. The molecule has 4 nitrogen and oxygen atoms in total. The summed E-state index contributed by atoms with van der Waals surface area (Å²) in [6.45, 7) is 7.33. The molecule has 1 N–H and O–H groups in total. The fraction of sp³-hybridized carbons (Fsp3) is 0.900. The van der Waals surface area contributed by atoms with Crippen LogP contribution in [0.2, 0.25) is 6.82 Å². The molecule has 0 bridgehead atoms. The van der Waals surface area contributed by atoms with Gasteiger partial charge >= 0.3 is 13.0 Å². The molecule has 0 aliphatic carbocycles. The molecule has 1 aliphatic heterocycles. The molecule has 1 saturated heterocycles. The minimum Gasteiger partial charge on any atom is -0.466 e. The van der Waals surface area contributed by atoms with Crippen LogP contribution in [0.25, 0.3) is 0 Å². The molecular weight excluding hydrogens is 193 g/mol. The Balaban J connectivity index is 2.63. The summed E-state index contributed by atoms with van der Waals surface area (Å²) in [4.78, 5) is 13.7. The Bertz CT molecular complexity index is 235. The lowest BCUT2D eigenvalue weighted by atomic mass is 9.74. The van der Waals surface area contributed by atoms with Crippen LogP contribution in [0.4, 0.5) is 0 Å². The fourth-order valence-corrected chi connectivity index (χ4v) is 2.07. The van der Waals surface area contributed by atoms with E-state index in [-0.39, 0.29) is 5.97 Å². The molecule has 1 atom stereocenters. The minimum atomic E-state index is -0.487. The third kappa shape index (κ3) is 2.95. The maximum Gasteiger partial charge on any atom is 0.376 e. The fourth-order valence-electron chi connectivity index (χ4n) is 2.07. The van der Waals surface area contributed by atoms with E-state index in [2.05, 4.69) is 0 Å². The number of carbonyl (C=O) groups is 1. The average molecular weight is 213 g/mol. The zero-order chi connectivity index (χ0) is 11.5. The number of hydrogen-bond acceptors (Lipinski definition) is 4. The predicted molar refractivity (Wildman–Crippen MR) is 59.4 cm³/mol. The molecule has 1 rings (SSSR count). The number of piperidine rings is 1. The van der Waals surface area contributed by atoms with E-state index < -0.39 is 12.5 Å². The lowest BCUT2D eigenvalue weighted by molar-refractivity contribution is -0.156. The van der Waals surface area contributed by atoms with Gasteiger partial charge in [0, 0.05) is 6.54 Å². The molecule has 1 unspecified atom stereocenters. The first-order chi connectivity index (χ1) is 6.99. The van der Waals surface area contributed by atoms with Crippen LogP contribution in [0.1, 0.15) is 26.7 Å². The van der Waals surface area contributed by atoms with Gasteiger partial charge in [-0.25, -0.2) is 0 Å². The third-order valence-electron chi connectivity index (χ3n) is 3.02. The van der Waals surface area contributed by atoms with Crippen LogP contribution in [0, 0.1) is 5.41 Å². The maximum absolute atomic E-state index is 11.8. The van der Waals surface area contributed by atoms with Gasteiger partial charge in [0.15, 0.2) is 0 Å². The van der Waals surface area contributed by atoms with Crippen LogP contribution in [-0.2, 0) is 9.53 Å².